The number of nitrogens with one attached hydrogen (secondary N) is 1. The first kappa shape index (κ1) is 22.1. The van der Waals surface area contributed by atoms with Gasteiger partial charge in [-0.3, -0.25) is 4.79 Å². The minimum atomic E-state index is -0.238. The number of aliphatic hydroxyl groups excluding tert-OH is 1. The Hall–Kier alpha value is -3.58. The highest BCUT2D eigenvalue weighted by atomic mass is 16.5. The van der Waals surface area contributed by atoms with E-state index in [2.05, 4.69) is 10.3 Å². The number of hydrogen-bond donors (Lipinski definition) is 2. The number of benzene rings is 2. The zero-order chi connectivity index (χ0) is 22.1. The Bertz CT molecular complexity index is 1020. The van der Waals surface area contributed by atoms with Crippen LogP contribution in [0.5, 0.6) is 17.4 Å². The van der Waals surface area contributed by atoms with Crippen molar-refractivity contribution < 1.29 is 24.1 Å². The van der Waals surface area contributed by atoms with Crippen LogP contribution in [0.4, 0.5) is 0 Å². The summed E-state index contributed by atoms with van der Waals surface area (Å²) in [6, 6.07) is 18.5. The third kappa shape index (κ3) is 5.96. The second-order valence-corrected chi connectivity index (χ2v) is 6.71. The predicted molar refractivity (Wildman–Crippen MR) is 118 cm³/mol. The molecule has 0 saturated heterocycles. The van der Waals surface area contributed by atoms with Crippen LogP contribution in [0.3, 0.4) is 0 Å². The number of aromatic nitrogens is 1. The number of carbonyl (C=O) groups is 1. The zero-order valence-corrected chi connectivity index (χ0v) is 17.6. The van der Waals surface area contributed by atoms with Crippen LogP contribution in [-0.4, -0.2) is 50.0 Å². The minimum Gasteiger partial charge on any atom is -0.493 e. The Morgan fingerprint density at radius 1 is 1.00 bits per heavy atom. The molecule has 0 bridgehead atoms. The van der Waals surface area contributed by atoms with Gasteiger partial charge in [-0.15, -0.1) is 0 Å². The summed E-state index contributed by atoms with van der Waals surface area (Å²) >= 11 is 0. The molecular weight excluding hydrogens is 396 g/mol. The van der Waals surface area contributed by atoms with Crippen molar-refractivity contribution in [2.75, 3.05) is 34.0 Å². The van der Waals surface area contributed by atoms with Gasteiger partial charge < -0.3 is 24.6 Å². The van der Waals surface area contributed by atoms with Crippen molar-refractivity contribution in [3.8, 4) is 28.6 Å². The molecule has 1 amide bonds. The number of methoxy groups -OCH3 is 2. The Labute approximate surface area is 181 Å². The van der Waals surface area contributed by atoms with E-state index < -0.39 is 0 Å². The Kier molecular flexibility index (Phi) is 7.84. The van der Waals surface area contributed by atoms with E-state index in [0.29, 0.717) is 41.7 Å². The molecule has 31 heavy (non-hydrogen) atoms. The van der Waals surface area contributed by atoms with Gasteiger partial charge >= 0.3 is 0 Å². The fraction of sp³-hybridized carbons (Fsp3) is 0.250. The van der Waals surface area contributed by atoms with Gasteiger partial charge in [-0.2, -0.15) is 0 Å². The molecule has 3 aromatic rings. The molecule has 0 saturated carbocycles. The van der Waals surface area contributed by atoms with E-state index in [4.69, 9.17) is 19.3 Å². The van der Waals surface area contributed by atoms with Gasteiger partial charge in [0.1, 0.15) is 0 Å². The molecule has 7 nitrogen and oxygen atoms in total. The van der Waals surface area contributed by atoms with Crippen LogP contribution in [0.15, 0.2) is 60.7 Å². The molecule has 0 radical (unpaired) electrons. The van der Waals surface area contributed by atoms with Crippen molar-refractivity contribution in [2.24, 2.45) is 0 Å². The van der Waals surface area contributed by atoms with E-state index in [1.807, 2.05) is 36.4 Å². The smallest absolute Gasteiger partial charge is 0.251 e. The highest BCUT2D eigenvalue weighted by Crippen LogP contribution is 2.28. The number of amides is 1. The molecule has 0 fully saturated rings. The van der Waals surface area contributed by atoms with Crippen LogP contribution < -0.4 is 19.5 Å². The SMILES string of the molecule is COc1ccc(CCOc2cccc(-c3cccc(C(=O)NCCO)c3)n2)cc1OC. The average molecular weight is 422 g/mol. The first-order valence-electron chi connectivity index (χ1n) is 9.95. The standard InChI is InChI=1S/C24H26N2O5/c1-29-21-10-9-17(15-22(21)30-2)11-14-31-23-8-4-7-20(26-23)18-5-3-6-19(16-18)24(28)25-12-13-27/h3-10,15-16,27H,11-14H2,1-2H3,(H,25,28). The van der Waals surface area contributed by atoms with Crippen molar-refractivity contribution in [3.63, 3.8) is 0 Å². The third-order valence-corrected chi connectivity index (χ3v) is 4.63. The maximum atomic E-state index is 12.1. The minimum absolute atomic E-state index is 0.102. The molecule has 1 aromatic heterocycles. The predicted octanol–water partition coefficient (Wildman–Crippen LogP) is 3.11. The normalized spacial score (nSPS) is 10.4. The van der Waals surface area contributed by atoms with Crippen molar-refractivity contribution in [2.45, 2.75) is 6.42 Å². The molecule has 0 aliphatic carbocycles. The monoisotopic (exact) mass is 422 g/mol. The van der Waals surface area contributed by atoms with E-state index in [1.54, 1.807) is 38.5 Å². The van der Waals surface area contributed by atoms with E-state index in [0.717, 1.165) is 11.1 Å². The summed E-state index contributed by atoms with van der Waals surface area (Å²) in [5.74, 6) is 1.64. The van der Waals surface area contributed by atoms with Gasteiger partial charge in [0, 0.05) is 30.2 Å². The molecule has 162 valence electrons. The number of aliphatic hydroxyl groups is 1. The van der Waals surface area contributed by atoms with Gasteiger partial charge in [0.05, 0.1) is 33.1 Å². The number of ether oxygens (including phenoxy) is 3. The molecule has 0 unspecified atom stereocenters. The lowest BCUT2D eigenvalue weighted by Crippen LogP contribution is -2.26. The summed E-state index contributed by atoms with van der Waals surface area (Å²) < 4.78 is 16.4. The summed E-state index contributed by atoms with van der Waals surface area (Å²) in [6.07, 6.45) is 0.687. The number of pyridine rings is 1. The van der Waals surface area contributed by atoms with Gasteiger partial charge in [0.15, 0.2) is 11.5 Å². The van der Waals surface area contributed by atoms with Crippen LogP contribution in [0.25, 0.3) is 11.3 Å². The maximum Gasteiger partial charge on any atom is 0.251 e. The molecule has 0 aliphatic rings. The van der Waals surface area contributed by atoms with Gasteiger partial charge in [0.2, 0.25) is 5.88 Å². The van der Waals surface area contributed by atoms with Crippen molar-refractivity contribution in [1.82, 2.24) is 10.3 Å². The summed E-state index contributed by atoms with van der Waals surface area (Å²) in [4.78, 5) is 16.7. The van der Waals surface area contributed by atoms with Gasteiger partial charge in [0.25, 0.3) is 5.91 Å². The lowest BCUT2D eigenvalue weighted by Gasteiger charge is -2.11. The third-order valence-electron chi connectivity index (χ3n) is 4.63. The zero-order valence-electron chi connectivity index (χ0n) is 17.6. The van der Waals surface area contributed by atoms with Crippen molar-refractivity contribution in [1.29, 1.82) is 0 Å². The summed E-state index contributed by atoms with van der Waals surface area (Å²) in [5.41, 5.74) is 3.09. The molecule has 0 aliphatic heterocycles. The van der Waals surface area contributed by atoms with Crippen LogP contribution in [-0.2, 0) is 6.42 Å². The van der Waals surface area contributed by atoms with E-state index in [-0.39, 0.29) is 19.1 Å². The fourth-order valence-corrected chi connectivity index (χ4v) is 3.06. The van der Waals surface area contributed by atoms with Crippen LogP contribution in [0.2, 0.25) is 0 Å². The van der Waals surface area contributed by atoms with E-state index >= 15 is 0 Å². The quantitative estimate of drug-likeness (QED) is 0.522. The first-order chi connectivity index (χ1) is 15.1. The molecule has 0 spiro atoms. The molecule has 2 aromatic carbocycles. The second kappa shape index (κ2) is 11.0. The number of rotatable bonds is 10. The number of hydrogen-bond acceptors (Lipinski definition) is 6. The molecule has 3 rings (SSSR count). The largest absolute Gasteiger partial charge is 0.493 e. The van der Waals surface area contributed by atoms with Gasteiger partial charge in [-0.05, 0) is 35.9 Å². The lowest BCUT2D eigenvalue weighted by atomic mass is 10.1. The van der Waals surface area contributed by atoms with Crippen molar-refractivity contribution in [3.05, 3.63) is 71.8 Å². The fourth-order valence-electron chi connectivity index (χ4n) is 3.06. The van der Waals surface area contributed by atoms with Crippen LogP contribution in [0.1, 0.15) is 15.9 Å². The Balaban J connectivity index is 1.65. The van der Waals surface area contributed by atoms with Crippen molar-refractivity contribution >= 4 is 5.91 Å². The topological polar surface area (TPSA) is 89.9 Å². The molecule has 0 atom stereocenters. The Morgan fingerprint density at radius 3 is 2.58 bits per heavy atom. The lowest BCUT2D eigenvalue weighted by molar-refractivity contribution is 0.0945. The summed E-state index contributed by atoms with van der Waals surface area (Å²) in [5, 5.41) is 11.5. The number of carbonyl (C=O) groups excluding carboxylic acids is 1. The van der Waals surface area contributed by atoms with Crippen LogP contribution in [0, 0.1) is 0 Å². The molecule has 7 heteroatoms. The Morgan fingerprint density at radius 2 is 1.81 bits per heavy atom. The first-order valence-corrected chi connectivity index (χ1v) is 9.95. The summed E-state index contributed by atoms with van der Waals surface area (Å²) in [7, 11) is 3.22. The molecule has 1 heterocycles. The highest BCUT2D eigenvalue weighted by molar-refractivity contribution is 5.95. The molecule has 2 N–H and O–H groups in total. The maximum absolute atomic E-state index is 12.1. The van der Waals surface area contributed by atoms with Crippen LogP contribution >= 0.6 is 0 Å². The number of nitrogens with zero attached hydrogens (tertiary/aromatic N) is 1. The highest BCUT2D eigenvalue weighted by Gasteiger charge is 2.09. The molecular formula is C24H26N2O5. The second-order valence-electron chi connectivity index (χ2n) is 6.71. The average Bonchev–Trinajstić information content (AvgIpc) is 2.82. The van der Waals surface area contributed by atoms with E-state index in [1.165, 1.54) is 0 Å². The summed E-state index contributed by atoms with van der Waals surface area (Å²) in [6.45, 7) is 0.565. The van der Waals surface area contributed by atoms with Gasteiger partial charge in [-0.1, -0.05) is 24.3 Å². The van der Waals surface area contributed by atoms with E-state index in [9.17, 15) is 4.79 Å². The van der Waals surface area contributed by atoms with Gasteiger partial charge in [-0.25, -0.2) is 4.98 Å².